The van der Waals surface area contributed by atoms with Crippen molar-refractivity contribution in [2.24, 2.45) is 0 Å². The molecule has 8 nitrogen and oxygen atoms in total. The highest BCUT2D eigenvalue weighted by atomic mass is 35.5. The maximum atomic E-state index is 14.0. The third-order valence-corrected chi connectivity index (χ3v) is 6.47. The molecule has 0 aliphatic heterocycles. The van der Waals surface area contributed by atoms with Crippen molar-refractivity contribution in [2.75, 3.05) is 12.4 Å². The Labute approximate surface area is 226 Å². The second kappa shape index (κ2) is 10.1. The molecule has 0 atom stereocenters. The summed E-state index contributed by atoms with van der Waals surface area (Å²) in [5.74, 6) is -0.118. The number of halogens is 4. The third-order valence-electron chi connectivity index (χ3n) is 6.23. The molecular weight excluding hydrogens is 533 g/mol. The number of nitrogens with one attached hydrogen (secondary N) is 1. The number of nitrogens with zero attached hydrogens (tertiary/aromatic N) is 5. The van der Waals surface area contributed by atoms with Crippen LogP contribution in [0.4, 0.5) is 18.9 Å². The van der Waals surface area contributed by atoms with Gasteiger partial charge in [-0.15, -0.1) is 0 Å². The Morgan fingerprint density at radius 1 is 1.10 bits per heavy atom. The minimum absolute atomic E-state index is 0.0359. The van der Waals surface area contributed by atoms with Crippen LogP contribution in [-0.4, -0.2) is 37.4 Å². The maximum absolute atomic E-state index is 14.0. The first-order valence-electron chi connectivity index (χ1n) is 11.8. The number of carbonyl (C=O) groups is 1. The Bertz CT molecular complexity index is 1690. The summed E-state index contributed by atoms with van der Waals surface area (Å²) < 4.78 is 49.4. The minimum atomic E-state index is -4.74. The minimum Gasteiger partial charge on any atom is -0.497 e. The molecule has 0 bridgehead atoms. The van der Waals surface area contributed by atoms with Crippen LogP contribution in [0.15, 0.2) is 60.8 Å². The maximum Gasteiger partial charge on any atom is 0.433 e. The lowest BCUT2D eigenvalue weighted by Gasteiger charge is -2.12. The summed E-state index contributed by atoms with van der Waals surface area (Å²) in [7, 11) is 1.49. The van der Waals surface area contributed by atoms with Gasteiger partial charge in [0.25, 0.3) is 5.91 Å². The fourth-order valence-electron chi connectivity index (χ4n) is 4.26. The van der Waals surface area contributed by atoms with Crippen LogP contribution in [0.25, 0.3) is 16.9 Å². The van der Waals surface area contributed by atoms with Gasteiger partial charge in [0.2, 0.25) is 0 Å². The number of aromatic nitrogens is 5. The predicted octanol–water partition coefficient (Wildman–Crippen LogP) is 6.19. The zero-order valence-electron chi connectivity index (χ0n) is 21.0. The topological polar surface area (TPSA) is 86.3 Å². The first kappa shape index (κ1) is 26.2. The highest BCUT2D eigenvalue weighted by Gasteiger charge is 2.36. The lowest BCUT2D eigenvalue weighted by Crippen LogP contribution is -2.16. The molecule has 5 aromatic rings. The van der Waals surface area contributed by atoms with Crippen LogP contribution in [0.1, 0.15) is 33.0 Å². The molecule has 39 heavy (non-hydrogen) atoms. The van der Waals surface area contributed by atoms with Crippen molar-refractivity contribution >= 4 is 28.8 Å². The second-order valence-electron chi connectivity index (χ2n) is 8.83. The Morgan fingerprint density at radius 3 is 2.51 bits per heavy atom. The molecule has 3 heterocycles. The van der Waals surface area contributed by atoms with Gasteiger partial charge in [-0.3, -0.25) is 9.48 Å². The van der Waals surface area contributed by atoms with E-state index in [4.69, 9.17) is 16.3 Å². The van der Waals surface area contributed by atoms with Crippen LogP contribution in [0, 0.1) is 13.8 Å². The molecule has 1 amide bonds. The van der Waals surface area contributed by atoms with Gasteiger partial charge >= 0.3 is 6.18 Å². The van der Waals surface area contributed by atoms with Gasteiger partial charge < -0.3 is 10.1 Å². The molecule has 0 saturated heterocycles. The molecular formula is C27H22ClF3N6O2. The molecule has 0 radical (unpaired) electrons. The standard InChI is InChI=1S/C27H22ClF3N6O2/c1-15-24(16(2)36(35-15)14-17-5-4-6-19(28)11-17)34-26(38)21-13-32-37-23(27(29,30)31)12-22(33-25(21)37)18-7-9-20(39-3)10-8-18/h4-13H,14H2,1-3H3,(H,34,38). The Hall–Kier alpha value is -4.38. The number of carbonyl (C=O) groups excluding carboxylic acids is 1. The quantitative estimate of drug-likeness (QED) is 0.270. The van der Waals surface area contributed by atoms with Crippen molar-refractivity contribution in [3.05, 3.63) is 94.0 Å². The predicted molar refractivity (Wildman–Crippen MR) is 140 cm³/mol. The van der Waals surface area contributed by atoms with Crippen molar-refractivity contribution in [1.29, 1.82) is 0 Å². The van der Waals surface area contributed by atoms with E-state index in [1.165, 1.54) is 7.11 Å². The fraction of sp³-hybridized carbons (Fsp3) is 0.185. The van der Waals surface area contributed by atoms with Crippen LogP contribution >= 0.6 is 11.6 Å². The van der Waals surface area contributed by atoms with Gasteiger partial charge in [-0.25, -0.2) is 9.50 Å². The summed E-state index contributed by atoms with van der Waals surface area (Å²) >= 11 is 6.09. The van der Waals surface area contributed by atoms with Gasteiger partial charge in [0.1, 0.15) is 11.3 Å². The molecule has 0 fully saturated rings. The van der Waals surface area contributed by atoms with Crippen LogP contribution in [0.2, 0.25) is 5.02 Å². The number of fused-ring (bicyclic) bond motifs is 1. The number of aryl methyl sites for hydroxylation is 1. The van der Waals surface area contributed by atoms with E-state index in [-0.39, 0.29) is 16.9 Å². The van der Waals surface area contributed by atoms with Crippen LogP contribution in [0.3, 0.4) is 0 Å². The summed E-state index contributed by atoms with van der Waals surface area (Å²) in [6, 6.07) is 14.6. The van der Waals surface area contributed by atoms with Crippen LogP contribution in [0.5, 0.6) is 5.75 Å². The molecule has 12 heteroatoms. The molecule has 200 valence electrons. The average Bonchev–Trinajstić information content (AvgIpc) is 3.44. The summed E-state index contributed by atoms with van der Waals surface area (Å²) in [5.41, 5.74) is 1.64. The van der Waals surface area contributed by atoms with Crippen molar-refractivity contribution in [3.8, 4) is 17.0 Å². The zero-order chi connectivity index (χ0) is 27.9. The van der Waals surface area contributed by atoms with Crippen LogP contribution < -0.4 is 10.1 Å². The monoisotopic (exact) mass is 554 g/mol. The molecule has 0 aliphatic carbocycles. The van der Waals surface area contributed by atoms with Gasteiger partial charge in [-0.05, 0) is 61.9 Å². The van der Waals surface area contributed by atoms with E-state index in [9.17, 15) is 18.0 Å². The number of anilines is 1. The number of hydrogen-bond acceptors (Lipinski definition) is 5. The van der Waals surface area contributed by atoms with E-state index < -0.39 is 17.8 Å². The highest BCUT2D eigenvalue weighted by molar-refractivity contribution is 6.30. The van der Waals surface area contributed by atoms with E-state index in [0.717, 1.165) is 17.8 Å². The van der Waals surface area contributed by atoms with Crippen molar-refractivity contribution < 1.29 is 22.7 Å². The first-order chi connectivity index (χ1) is 18.5. The molecule has 0 spiro atoms. The zero-order valence-corrected chi connectivity index (χ0v) is 21.8. The van der Waals surface area contributed by atoms with Gasteiger partial charge in [-0.2, -0.15) is 23.4 Å². The summed E-state index contributed by atoms with van der Waals surface area (Å²) in [5, 5.41) is 11.7. The first-order valence-corrected chi connectivity index (χ1v) is 12.1. The lowest BCUT2D eigenvalue weighted by atomic mass is 10.1. The summed E-state index contributed by atoms with van der Waals surface area (Å²) in [4.78, 5) is 17.7. The summed E-state index contributed by atoms with van der Waals surface area (Å²) in [6.07, 6.45) is -3.66. The number of hydrogen-bond donors (Lipinski definition) is 1. The van der Waals surface area contributed by atoms with Gasteiger partial charge in [0.15, 0.2) is 11.3 Å². The number of amides is 1. The number of alkyl halides is 3. The van der Waals surface area contributed by atoms with Gasteiger partial charge in [-0.1, -0.05) is 23.7 Å². The second-order valence-corrected chi connectivity index (χ2v) is 9.27. The number of rotatable bonds is 6. The number of benzene rings is 2. The molecule has 2 aromatic carbocycles. The Balaban J connectivity index is 1.52. The lowest BCUT2D eigenvalue weighted by molar-refractivity contribution is -0.142. The molecule has 3 aromatic heterocycles. The van der Waals surface area contributed by atoms with E-state index in [1.807, 2.05) is 18.2 Å². The van der Waals surface area contributed by atoms with Crippen molar-refractivity contribution in [1.82, 2.24) is 24.4 Å². The fourth-order valence-corrected chi connectivity index (χ4v) is 4.47. The average molecular weight is 555 g/mol. The third kappa shape index (κ3) is 5.17. The largest absolute Gasteiger partial charge is 0.497 e. The highest BCUT2D eigenvalue weighted by Crippen LogP contribution is 2.33. The number of methoxy groups -OCH3 is 1. The van der Waals surface area contributed by atoms with Crippen LogP contribution in [-0.2, 0) is 12.7 Å². The molecule has 1 N–H and O–H groups in total. The Kier molecular flexibility index (Phi) is 6.77. The smallest absolute Gasteiger partial charge is 0.433 e. The summed E-state index contributed by atoms with van der Waals surface area (Å²) in [6.45, 7) is 3.94. The number of ether oxygens (including phenoxy) is 1. The van der Waals surface area contributed by atoms with Crippen molar-refractivity contribution in [2.45, 2.75) is 26.6 Å². The normalized spacial score (nSPS) is 11.7. The molecule has 0 saturated carbocycles. The van der Waals surface area contributed by atoms with Crippen molar-refractivity contribution in [3.63, 3.8) is 0 Å². The molecule has 0 aliphatic rings. The van der Waals surface area contributed by atoms with E-state index in [0.29, 0.717) is 44.5 Å². The van der Waals surface area contributed by atoms with Gasteiger partial charge in [0, 0.05) is 10.6 Å². The van der Waals surface area contributed by atoms with E-state index in [1.54, 1.807) is 48.9 Å². The molecule has 5 rings (SSSR count). The van der Waals surface area contributed by atoms with E-state index >= 15 is 0 Å². The van der Waals surface area contributed by atoms with Gasteiger partial charge in [0.05, 0.1) is 42.6 Å². The van der Waals surface area contributed by atoms with E-state index in [2.05, 4.69) is 20.5 Å². The Morgan fingerprint density at radius 2 is 1.85 bits per heavy atom. The SMILES string of the molecule is COc1ccc(-c2cc(C(F)(F)F)n3ncc(C(=O)Nc4c(C)nn(Cc5cccc(Cl)c5)c4C)c3n2)cc1. The molecule has 0 unspecified atom stereocenters.